The molecule has 41 heavy (non-hydrogen) atoms. The average Bonchev–Trinajstić information content (AvgIpc) is 2.95. The first kappa shape index (κ1) is 29.6. The quantitative estimate of drug-likeness (QED) is 0.0500. The molecule has 0 spiro atoms. The molecule has 0 aliphatic heterocycles. The normalized spacial score (nSPS) is 11.5. The molecule has 0 saturated carbocycles. The minimum absolute atomic E-state index is 0.0594. The Morgan fingerprint density at radius 1 is 0.902 bits per heavy atom. The number of rotatable bonds is 11. The molecule has 1 unspecified atom stereocenters. The minimum Gasteiger partial charge on any atom is -0.490 e. The molecule has 0 saturated heterocycles. The van der Waals surface area contributed by atoms with Crippen LogP contribution in [0.2, 0.25) is 0 Å². The smallest absolute Gasteiger partial charge is 0.366 e. The van der Waals surface area contributed by atoms with E-state index in [2.05, 4.69) is 24.0 Å². The molecular weight excluding hydrogens is 543 g/mol. The zero-order chi connectivity index (χ0) is 29.5. The molecule has 0 aliphatic carbocycles. The molecule has 0 fully saturated rings. The van der Waals surface area contributed by atoms with Gasteiger partial charge < -0.3 is 19.3 Å². The van der Waals surface area contributed by atoms with Gasteiger partial charge in [0.05, 0.1) is 0 Å². The molecule has 6 nitrogen and oxygen atoms in total. The van der Waals surface area contributed by atoms with Crippen molar-refractivity contribution in [1.29, 1.82) is 0 Å². The van der Waals surface area contributed by atoms with Crippen LogP contribution in [0.3, 0.4) is 0 Å². The summed E-state index contributed by atoms with van der Waals surface area (Å²) in [5.41, 5.74) is 3.90. The Hall–Kier alpha value is -4.40. The highest BCUT2D eigenvalue weighted by Gasteiger charge is 2.12. The molecule has 0 aliphatic rings. The van der Waals surface area contributed by atoms with E-state index < -0.39 is 18.1 Å². The number of aliphatic hydroxyl groups is 1. The summed E-state index contributed by atoms with van der Waals surface area (Å²) in [7, 11) is 0. The number of esters is 1. The number of thioether (sulfide) groups is 1. The van der Waals surface area contributed by atoms with Gasteiger partial charge >= 0.3 is 5.97 Å². The summed E-state index contributed by atoms with van der Waals surface area (Å²) in [4.78, 5) is 24.8. The van der Waals surface area contributed by atoms with Crippen molar-refractivity contribution in [2.75, 3.05) is 13.2 Å². The third-order valence-corrected chi connectivity index (χ3v) is 7.00. The summed E-state index contributed by atoms with van der Waals surface area (Å²) in [6, 6.07) is 24.5. The van der Waals surface area contributed by atoms with E-state index >= 15 is 0 Å². The molecule has 1 atom stereocenters. The Morgan fingerprint density at radius 2 is 1.59 bits per heavy atom. The highest BCUT2D eigenvalue weighted by molar-refractivity contribution is 8.14. The maximum Gasteiger partial charge on any atom is 0.366 e. The maximum absolute atomic E-state index is 12.9. The van der Waals surface area contributed by atoms with Gasteiger partial charge in [0, 0.05) is 10.5 Å². The van der Waals surface area contributed by atoms with E-state index in [1.807, 2.05) is 61.5 Å². The van der Waals surface area contributed by atoms with Crippen molar-refractivity contribution in [3.8, 4) is 22.6 Å². The molecule has 8 heteroatoms. The van der Waals surface area contributed by atoms with Crippen molar-refractivity contribution in [2.24, 2.45) is 0 Å². The van der Waals surface area contributed by atoms with Gasteiger partial charge in [-0.25, -0.2) is 4.79 Å². The van der Waals surface area contributed by atoms with Crippen molar-refractivity contribution in [3.05, 3.63) is 115 Å². The van der Waals surface area contributed by atoms with Crippen LogP contribution in [-0.2, 0) is 9.53 Å². The Labute approximate surface area is 242 Å². The molecular formula is C33H29FO6S. The summed E-state index contributed by atoms with van der Waals surface area (Å²) in [6.07, 6.45) is -1.05. The fourth-order valence-corrected chi connectivity index (χ4v) is 4.72. The van der Waals surface area contributed by atoms with Gasteiger partial charge in [0.25, 0.3) is 0 Å². The van der Waals surface area contributed by atoms with Gasteiger partial charge in [-0.1, -0.05) is 43.5 Å². The second-order valence-electron chi connectivity index (χ2n) is 9.32. The highest BCUT2D eigenvalue weighted by atomic mass is 32.2. The molecule has 4 aromatic carbocycles. The lowest BCUT2D eigenvalue weighted by molar-refractivity contribution is -0.141. The first-order chi connectivity index (χ1) is 19.6. The van der Waals surface area contributed by atoms with Crippen molar-refractivity contribution < 1.29 is 33.3 Å². The maximum atomic E-state index is 12.9. The lowest BCUT2D eigenvalue weighted by atomic mass is 10.0. The highest BCUT2D eigenvalue weighted by Crippen LogP contribution is 2.31. The van der Waals surface area contributed by atoms with Crippen LogP contribution in [-0.4, -0.2) is 35.7 Å². The van der Waals surface area contributed by atoms with E-state index in [1.165, 1.54) is 0 Å². The summed E-state index contributed by atoms with van der Waals surface area (Å²) in [5, 5.41) is 11.8. The standard InChI is InChI=1S/C33H29FO6S/c1-20(2)31(35)40-28-12-11-26-18-25(9-10-27(26)19-28)23-5-7-24(8-6-23)33(37)41-29-13-14-30(21(3)17-29)38-15-16-39-32(36)22(4)34/h5-14,17-19,31,35H,1,4,15-16H2,2-3H3. The predicted octanol–water partition coefficient (Wildman–Crippen LogP) is 7.43. The fourth-order valence-electron chi connectivity index (χ4n) is 3.88. The second kappa shape index (κ2) is 13.3. The summed E-state index contributed by atoms with van der Waals surface area (Å²) in [5.74, 6) is -1.13. The fraction of sp³-hybridized carbons (Fsp3) is 0.152. The number of benzene rings is 4. The number of carbonyl (C=O) groups is 2. The third kappa shape index (κ3) is 7.84. The van der Waals surface area contributed by atoms with Gasteiger partial charge in [-0.3, -0.25) is 4.79 Å². The third-order valence-electron chi connectivity index (χ3n) is 6.09. The van der Waals surface area contributed by atoms with E-state index in [4.69, 9.17) is 9.47 Å². The van der Waals surface area contributed by atoms with Crippen molar-refractivity contribution in [1.82, 2.24) is 0 Å². The Kier molecular flexibility index (Phi) is 9.60. The SMILES string of the molecule is C=C(F)C(=O)OCCOc1ccc(SC(=O)c2ccc(-c3ccc4cc(OC(O)C(=C)C)ccc4c3)cc2)cc1C. The molecule has 4 rings (SSSR count). The molecule has 0 bridgehead atoms. The van der Waals surface area contributed by atoms with Crippen molar-refractivity contribution in [3.63, 3.8) is 0 Å². The molecule has 210 valence electrons. The monoisotopic (exact) mass is 572 g/mol. The Bertz CT molecular complexity index is 1610. The van der Waals surface area contributed by atoms with Crippen LogP contribution < -0.4 is 9.47 Å². The summed E-state index contributed by atoms with van der Waals surface area (Å²) < 4.78 is 28.4. The topological polar surface area (TPSA) is 82.1 Å². The number of ether oxygens (including phenoxy) is 3. The molecule has 0 heterocycles. The number of hydrogen-bond acceptors (Lipinski definition) is 7. The van der Waals surface area contributed by atoms with Crippen LogP contribution in [0, 0.1) is 6.92 Å². The van der Waals surface area contributed by atoms with Crippen LogP contribution in [0.1, 0.15) is 22.8 Å². The molecule has 0 amide bonds. The zero-order valence-electron chi connectivity index (χ0n) is 22.7. The Balaban J connectivity index is 1.36. The second-order valence-corrected chi connectivity index (χ2v) is 10.4. The molecule has 0 radical (unpaired) electrons. The van der Waals surface area contributed by atoms with Gasteiger partial charge in [0.2, 0.25) is 17.2 Å². The number of aliphatic hydroxyl groups excluding tert-OH is 1. The van der Waals surface area contributed by atoms with Gasteiger partial charge in [-0.2, -0.15) is 4.39 Å². The molecule has 4 aromatic rings. The predicted molar refractivity (Wildman–Crippen MR) is 159 cm³/mol. The first-order valence-corrected chi connectivity index (χ1v) is 13.5. The number of aryl methyl sites for hydroxylation is 1. The van der Waals surface area contributed by atoms with Gasteiger partial charge in [0.15, 0.2) is 0 Å². The summed E-state index contributed by atoms with van der Waals surface area (Å²) in [6.45, 7) is 10.1. The number of carbonyl (C=O) groups excluding carboxylic acids is 2. The number of halogens is 1. The Morgan fingerprint density at radius 3 is 2.27 bits per heavy atom. The number of fused-ring (bicyclic) bond motifs is 1. The van der Waals surface area contributed by atoms with Crippen LogP contribution in [0.25, 0.3) is 21.9 Å². The lowest BCUT2D eigenvalue weighted by Crippen LogP contribution is -2.15. The largest absolute Gasteiger partial charge is 0.490 e. The minimum atomic E-state index is -1.15. The van der Waals surface area contributed by atoms with E-state index in [9.17, 15) is 19.1 Å². The van der Waals surface area contributed by atoms with Gasteiger partial charge in [-0.15, -0.1) is 0 Å². The molecule has 1 N–H and O–H groups in total. The van der Waals surface area contributed by atoms with E-state index in [-0.39, 0.29) is 18.3 Å². The number of hydrogen-bond donors (Lipinski definition) is 1. The van der Waals surface area contributed by atoms with Crippen molar-refractivity contribution in [2.45, 2.75) is 25.0 Å². The average molecular weight is 573 g/mol. The van der Waals surface area contributed by atoms with Crippen LogP contribution in [0.4, 0.5) is 4.39 Å². The van der Waals surface area contributed by atoms with Crippen LogP contribution in [0.5, 0.6) is 11.5 Å². The molecule has 0 aromatic heterocycles. The summed E-state index contributed by atoms with van der Waals surface area (Å²) >= 11 is 1.12. The van der Waals surface area contributed by atoms with E-state index in [0.717, 1.165) is 44.1 Å². The van der Waals surface area contributed by atoms with Crippen LogP contribution in [0.15, 0.2) is 108 Å². The van der Waals surface area contributed by atoms with Crippen molar-refractivity contribution >= 4 is 33.6 Å². The van der Waals surface area contributed by atoms with Gasteiger partial charge in [-0.05, 0) is 107 Å². The van der Waals surface area contributed by atoms with E-state index in [1.54, 1.807) is 25.1 Å². The van der Waals surface area contributed by atoms with Gasteiger partial charge in [0.1, 0.15) is 24.7 Å². The van der Waals surface area contributed by atoms with E-state index in [0.29, 0.717) is 22.6 Å². The first-order valence-electron chi connectivity index (χ1n) is 12.7. The lowest BCUT2D eigenvalue weighted by Gasteiger charge is -2.14. The van der Waals surface area contributed by atoms with Crippen LogP contribution >= 0.6 is 11.8 Å². The zero-order valence-corrected chi connectivity index (χ0v) is 23.5.